The summed E-state index contributed by atoms with van der Waals surface area (Å²) in [5, 5.41) is 0. The first-order chi connectivity index (χ1) is 34.0. The van der Waals surface area contributed by atoms with Crippen molar-refractivity contribution < 1.29 is 0 Å². The Kier molecular flexibility index (Phi) is 11.1. The van der Waals surface area contributed by atoms with Crippen LogP contribution in [0.5, 0.6) is 0 Å². The lowest BCUT2D eigenvalue weighted by molar-refractivity contribution is 0.332. The number of anilines is 6. The van der Waals surface area contributed by atoms with Gasteiger partial charge in [-0.25, -0.2) is 0 Å². The lowest BCUT2D eigenvalue weighted by Crippen LogP contribution is -2.62. The minimum Gasteiger partial charge on any atom is -0.311 e. The Labute approximate surface area is 440 Å². The van der Waals surface area contributed by atoms with E-state index in [1.165, 1.54) is 137 Å². The molecule has 0 bridgehead atoms. The highest BCUT2D eigenvalue weighted by atomic mass is 15.2. The van der Waals surface area contributed by atoms with Crippen LogP contribution in [0.3, 0.4) is 0 Å². The third-order valence-electron chi connectivity index (χ3n) is 18.2. The second kappa shape index (κ2) is 16.4. The van der Waals surface area contributed by atoms with Crippen molar-refractivity contribution in [2.75, 3.05) is 9.80 Å². The van der Waals surface area contributed by atoms with Gasteiger partial charge >= 0.3 is 0 Å². The highest BCUT2D eigenvalue weighted by Crippen LogP contribution is 2.54. The second-order valence-corrected chi connectivity index (χ2v) is 28.5. The maximum absolute atomic E-state index is 2.74. The van der Waals surface area contributed by atoms with Gasteiger partial charge in [-0.05, 0) is 190 Å². The van der Waals surface area contributed by atoms with Gasteiger partial charge in [-0.1, -0.05) is 197 Å². The summed E-state index contributed by atoms with van der Waals surface area (Å²) < 4.78 is 0. The fourth-order valence-corrected chi connectivity index (χ4v) is 13.1. The molecule has 0 saturated heterocycles. The normalized spacial score (nSPS) is 18.1. The monoisotopic (exact) mass is 961 g/mol. The van der Waals surface area contributed by atoms with Crippen molar-refractivity contribution in [1.82, 2.24) is 0 Å². The molecule has 2 heterocycles. The first-order valence-electron chi connectivity index (χ1n) is 27.6. The molecular weight excluding hydrogens is 880 g/mol. The van der Waals surface area contributed by atoms with Crippen LogP contribution in [0.25, 0.3) is 22.3 Å². The molecule has 0 unspecified atom stereocenters. The van der Waals surface area contributed by atoms with Crippen LogP contribution in [0.4, 0.5) is 34.1 Å². The molecule has 0 radical (unpaired) electrons. The molecule has 2 aliphatic heterocycles. The summed E-state index contributed by atoms with van der Waals surface area (Å²) in [4.78, 5) is 5.43. The Morgan fingerprint density at radius 2 is 0.849 bits per heavy atom. The zero-order valence-corrected chi connectivity index (χ0v) is 47.5. The molecule has 0 fully saturated rings. The van der Waals surface area contributed by atoms with Crippen molar-refractivity contribution in [2.24, 2.45) is 0 Å². The van der Waals surface area contributed by atoms with Gasteiger partial charge in [0, 0.05) is 34.0 Å². The fraction of sp³-hybridized carbons (Fsp3) is 0.400. The van der Waals surface area contributed by atoms with Crippen molar-refractivity contribution in [3.05, 3.63) is 172 Å². The number of benzene rings is 7. The summed E-state index contributed by atoms with van der Waals surface area (Å²) >= 11 is 0. The maximum Gasteiger partial charge on any atom is 0.252 e. The summed E-state index contributed by atoms with van der Waals surface area (Å²) in [5.41, 5.74) is 26.8. The largest absolute Gasteiger partial charge is 0.311 e. The van der Waals surface area contributed by atoms with E-state index in [-0.39, 0.29) is 44.6 Å². The average molecular weight is 961 g/mol. The lowest BCUT2D eigenvalue weighted by atomic mass is 9.32. The van der Waals surface area contributed by atoms with Crippen LogP contribution in [-0.2, 0) is 37.9 Å². The van der Waals surface area contributed by atoms with Gasteiger partial charge in [0.2, 0.25) is 0 Å². The quantitative estimate of drug-likeness (QED) is 0.162. The van der Waals surface area contributed by atoms with Gasteiger partial charge in [0.1, 0.15) is 0 Å². The molecule has 7 aromatic carbocycles. The van der Waals surface area contributed by atoms with Gasteiger partial charge < -0.3 is 9.80 Å². The molecule has 0 atom stereocenters. The summed E-state index contributed by atoms with van der Waals surface area (Å²) in [6, 6.07) is 53.2. The van der Waals surface area contributed by atoms with Crippen LogP contribution in [0.15, 0.2) is 133 Å². The highest BCUT2D eigenvalue weighted by Gasteiger charge is 2.48. The van der Waals surface area contributed by atoms with Crippen LogP contribution < -0.4 is 26.2 Å². The Bertz CT molecular complexity index is 3360. The summed E-state index contributed by atoms with van der Waals surface area (Å²) in [7, 11) is 0. The lowest BCUT2D eigenvalue weighted by Gasteiger charge is -2.48. The first-order valence-corrected chi connectivity index (χ1v) is 27.6. The molecule has 0 saturated carbocycles. The molecule has 0 spiro atoms. The van der Waals surface area contributed by atoms with Crippen molar-refractivity contribution in [3.63, 3.8) is 0 Å². The summed E-state index contributed by atoms with van der Waals surface area (Å²) in [5.74, 6) is 0. The van der Waals surface area contributed by atoms with Gasteiger partial charge in [-0.3, -0.25) is 0 Å². The van der Waals surface area contributed by atoms with Gasteiger partial charge in [-0.15, -0.1) is 0 Å². The van der Waals surface area contributed by atoms with E-state index in [0.717, 1.165) is 0 Å². The van der Waals surface area contributed by atoms with Gasteiger partial charge in [0.05, 0.1) is 5.69 Å². The Hall–Kier alpha value is -5.80. The van der Waals surface area contributed by atoms with E-state index in [1.54, 1.807) is 0 Å². The van der Waals surface area contributed by atoms with Gasteiger partial charge in [0.25, 0.3) is 6.71 Å². The molecule has 374 valence electrons. The van der Waals surface area contributed by atoms with Crippen LogP contribution in [0.2, 0.25) is 0 Å². The van der Waals surface area contributed by atoms with E-state index < -0.39 is 0 Å². The number of rotatable bonds is 4. The fourth-order valence-electron chi connectivity index (χ4n) is 13.1. The molecule has 0 amide bonds. The van der Waals surface area contributed by atoms with Crippen molar-refractivity contribution >= 4 is 57.2 Å². The molecular formula is C70H81BN2. The second-order valence-electron chi connectivity index (χ2n) is 28.5. The van der Waals surface area contributed by atoms with E-state index >= 15 is 0 Å². The minimum atomic E-state index is -0.137. The molecule has 2 nitrogen and oxygen atoms in total. The van der Waals surface area contributed by atoms with E-state index in [2.05, 4.69) is 261 Å². The zero-order valence-electron chi connectivity index (χ0n) is 47.5. The maximum atomic E-state index is 2.74. The van der Waals surface area contributed by atoms with Gasteiger partial charge in [-0.2, -0.15) is 0 Å². The van der Waals surface area contributed by atoms with E-state index in [4.69, 9.17) is 0 Å². The Morgan fingerprint density at radius 1 is 0.356 bits per heavy atom. The van der Waals surface area contributed by atoms with Crippen molar-refractivity contribution in [2.45, 2.75) is 181 Å². The predicted octanol–water partition coefficient (Wildman–Crippen LogP) is 17.7. The van der Waals surface area contributed by atoms with Crippen LogP contribution in [0.1, 0.15) is 182 Å². The van der Waals surface area contributed by atoms with Crippen LogP contribution in [0, 0.1) is 0 Å². The predicted molar refractivity (Wildman–Crippen MR) is 318 cm³/mol. The van der Waals surface area contributed by atoms with Crippen LogP contribution in [-0.4, -0.2) is 6.71 Å². The number of hydrogen-bond donors (Lipinski definition) is 0. The zero-order chi connectivity index (χ0) is 52.2. The summed E-state index contributed by atoms with van der Waals surface area (Å²) in [6.45, 7) is 41.3. The topological polar surface area (TPSA) is 6.48 Å². The number of hydrogen-bond acceptors (Lipinski definition) is 2. The Morgan fingerprint density at radius 3 is 1.45 bits per heavy atom. The standard InChI is InChI=1S/C70H81BN2/c1-64(2,3)47-26-30-58(51(37-47)46-25-21-24-45(36-46)44-22-19-18-20-23-44)73-59-31-27-48(65(4,5)6)38-56(59)71-57-42-54-55(70(16,17)35-34-69(54,14)15)43-60(57)72(61-39-49(66(7,8)9)40-62(73)63(61)71)50-28-29-52-53(41-50)68(12,13)33-32-67(52,10)11/h18-31,36-43H,32-35H2,1-17H3. The molecule has 0 N–H and O–H groups in total. The molecule has 4 aliphatic rings. The first kappa shape index (κ1) is 49.4. The van der Waals surface area contributed by atoms with Crippen molar-refractivity contribution in [3.8, 4) is 22.3 Å². The van der Waals surface area contributed by atoms with Crippen molar-refractivity contribution in [1.29, 1.82) is 0 Å². The van der Waals surface area contributed by atoms with Gasteiger partial charge in [0.15, 0.2) is 0 Å². The van der Waals surface area contributed by atoms with E-state index in [0.29, 0.717) is 0 Å². The number of fused-ring (bicyclic) bond motifs is 6. The summed E-state index contributed by atoms with van der Waals surface area (Å²) in [6.07, 6.45) is 4.71. The van der Waals surface area contributed by atoms with Crippen LogP contribution >= 0.6 is 0 Å². The smallest absolute Gasteiger partial charge is 0.252 e. The highest BCUT2D eigenvalue weighted by molar-refractivity contribution is 7.00. The third-order valence-corrected chi connectivity index (χ3v) is 18.2. The van der Waals surface area contributed by atoms with E-state index in [1.807, 2.05) is 0 Å². The minimum absolute atomic E-state index is 0.0108. The van der Waals surface area contributed by atoms with E-state index in [9.17, 15) is 0 Å². The molecule has 0 aromatic heterocycles. The third kappa shape index (κ3) is 8.13. The molecule has 7 aromatic rings. The molecule has 2 aliphatic carbocycles. The SMILES string of the molecule is CC(C)(C)c1ccc2c(c1)B1c3cc4c(cc3N(c3ccc5c(c3)C(C)(C)CCC5(C)C)c3cc(C(C)(C)C)cc(c31)N2c1ccc(C(C)(C)C)cc1-c1cccc(-c2ccccc2)c1)C(C)(C)CCC4(C)C. The molecule has 3 heteroatoms. The number of nitrogens with zero attached hydrogens (tertiary/aromatic N) is 2. The average Bonchev–Trinajstić information content (AvgIpc) is 3.33. The molecule has 73 heavy (non-hydrogen) atoms. The molecule has 11 rings (SSSR count). The Balaban J connectivity index is 1.28.